The standard InChI is InChI=1S/C15H20N4OS/c1-19-7-6-16-8-12(19)14-17-15(20-18-14)11-9-21-13-5-3-2-4-10(11)13/h9,12,16H,2-8H2,1H3. The number of aromatic nitrogens is 2. The van der Waals surface area contributed by atoms with Gasteiger partial charge in [-0.1, -0.05) is 5.16 Å². The van der Waals surface area contributed by atoms with Crippen LogP contribution in [0.25, 0.3) is 11.5 Å². The quantitative estimate of drug-likeness (QED) is 0.922. The van der Waals surface area contributed by atoms with Crippen molar-refractivity contribution in [2.75, 3.05) is 26.7 Å². The second-order valence-electron chi connectivity index (χ2n) is 5.92. The molecule has 6 heteroatoms. The largest absolute Gasteiger partial charge is 0.334 e. The van der Waals surface area contributed by atoms with E-state index in [1.165, 1.54) is 35.3 Å². The van der Waals surface area contributed by atoms with Crippen LogP contribution in [-0.2, 0) is 12.8 Å². The third-order valence-electron chi connectivity index (χ3n) is 4.54. The number of rotatable bonds is 2. The third kappa shape index (κ3) is 2.41. The molecule has 2 aromatic rings. The van der Waals surface area contributed by atoms with E-state index in [1.807, 2.05) is 11.3 Å². The Hall–Kier alpha value is -1.24. The van der Waals surface area contributed by atoms with Gasteiger partial charge in [-0.15, -0.1) is 11.3 Å². The summed E-state index contributed by atoms with van der Waals surface area (Å²) >= 11 is 1.84. The van der Waals surface area contributed by atoms with Gasteiger partial charge in [-0.05, 0) is 38.3 Å². The molecule has 1 unspecified atom stereocenters. The Bertz CT molecular complexity index is 635. The van der Waals surface area contributed by atoms with Gasteiger partial charge < -0.3 is 9.84 Å². The lowest BCUT2D eigenvalue weighted by molar-refractivity contribution is 0.190. The number of thiophene rings is 1. The smallest absolute Gasteiger partial charge is 0.259 e. The Morgan fingerprint density at radius 3 is 3.19 bits per heavy atom. The first-order chi connectivity index (χ1) is 10.3. The van der Waals surface area contributed by atoms with Crippen LogP contribution in [0.5, 0.6) is 0 Å². The maximum absolute atomic E-state index is 5.57. The maximum atomic E-state index is 5.57. The summed E-state index contributed by atoms with van der Waals surface area (Å²) in [6, 6.07) is 0.214. The highest BCUT2D eigenvalue weighted by Crippen LogP contribution is 2.36. The highest BCUT2D eigenvalue weighted by molar-refractivity contribution is 7.10. The number of piperazine rings is 1. The molecule has 112 valence electrons. The van der Waals surface area contributed by atoms with E-state index in [4.69, 9.17) is 4.52 Å². The van der Waals surface area contributed by atoms with Crippen LogP contribution in [0.2, 0.25) is 0 Å². The van der Waals surface area contributed by atoms with E-state index in [9.17, 15) is 0 Å². The minimum absolute atomic E-state index is 0.214. The van der Waals surface area contributed by atoms with Gasteiger partial charge in [0, 0.05) is 29.9 Å². The van der Waals surface area contributed by atoms with Gasteiger partial charge in [-0.25, -0.2) is 0 Å². The van der Waals surface area contributed by atoms with E-state index < -0.39 is 0 Å². The van der Waals surface area contributed by atoms with Crippen molar-refractivity contribution in [1.82, 2.24) is 20.4 Å². The van der Waals surface area contributed by atoms with Crippen molar-refractivity contribution in [3.05, 3.63) is 21.6 Å². The molecule has 4 rings (SSSR count). The molecule has 21 heavy (non-hydrogen) atoms. The van der Waals surface area contributed by atoms with Crippen LogP contribution in [-0.4, -0.2) is 41.7 Å². The highest BCUT2D eigenvalue weighted by Gasteiger charge is 2.27. The molecule has 5 nitrogen and oxygen atoms in total. The molecule has 1 aliphatic heterocycles. The normalized spacial score (nSPS) is 23.2. The Labute approximate surface area is 128 Å². The zero-order valence-corrected chi connectivity index (χ0v) is 13.1. The molecule has 3 heterocycles. The molecule has 1 atom stereocenters. The number of nitrogens with zero attached hydrogens (tertiary/aromatic N) is 3. The van der Waals surface area contributed by atoms with Crippen molar-refractivity contribution in [3.8, 4) is 11.5 Å². The third-order valence-corrected chi connectivity index (χ3v) is 5.63. The average molecular weight is 304 g/mol. The Balaban J connectivity index is 1.63. The summed E-state index contributed by atoms with van der Waals surface area (Å²) in [5.74, 6) is 1.50. The summed E-state index contributed by atoms with van der Waals surface area (Å²) in [6.45, 7) is 2.93. The fourth-order valence-corrected chi connectivity index (χ4v) is 4.37. The predicted molar refractivity (Wildman–Crippen MR) is 82.5 cm³/mol. The molecule has 1 saturated heterocycles. The van der Waals surface area contributed by atoms with Gasteiger partial charge in [-0.3, -0.25) is 4.90 Å². The Morgan fingerprint density at radius 1 is 1.38 bits per heavy atom. The minimum Gasteiger partial charge on any atom is -0.334 e. The Kier molecular flexibility index (Phi) is 3.52. The van der Waals surface area contributed by atoms with Crippen LogP contribution in [0.4, 0.5) is 0 Å². The first-order valence-corrected chi connectivity index (χ1v) is 8.55. The molecule has 1 fully saturated rings. The van der Waals surface area contributed by atoms with E-state index >= 15 is 0 Å². The van der Waals surface area contributed by atoms with Crippen molar-refractivity contribution in [2.24, 2.45) is 0 Å². The minimum atomic E-state index is 0.214. The number of hydrogen-bond acceptors (Lipinski definition) is 6. The van der Waals surface area contributed by atoms with Gasteiger partial charge in [0.1, 0.15) is 0 Å². The first kappa shape index (κ1) is 13.4. The van der Waals surface area contributed by atoms with Crippen molar-refractivity contribution in [2.45, 2.75) is 31.7 Å². The number of nitrogens with one attached hydrogen (secondary N) is 1. The molecule has 0 amide bonds. The lowest BCUT2D eigenvalue weighted by Crippen LogP contribution is -2.44. The van der Waals surface area contributed by atoms with E-state index in [-0.39, 0.29) is 6.04 Å². The van der Waals surface area contributed by atoms with Gasteiger partial charge in [0.25, 0.3) is 5.89 Å². The van der Waals surface area contributed by atoms with Crippen molar-refractivity contribution >= 4 is 11.3 Å². The van der Waals surface area contributed by atoms with Gasteiger partial charge >= 0.3 is 0 Å². The molecular formula is C15H20N4OS. The molecule has 0 spiro atoms. The van der Waals surface area contributed by atoms with Gasteiger partial charge in [0.2, 0.25) is 0 Å². The highest BCUT2D eigenvalue weighted by atomic mass is 32.1. The molecule has 0 radical (unpaired) electrons. The summed E-state index contributed by atoms with van der Waals surface area (Å²) in [5, 5.41) is 9.82. The lowest BCUT2D eigenvalue weighted by atomic mass is 9.96. The van der Waals surface area contributed by atoms with E-state index in [1.54, 1.807) is 0 Å². The monoisotopic (exact) mass is 304 g/mol. The van der Waals surface area contributed by atoms with Gasteiger partial charge in [-0.2, -0.15) is 4.98 Å². The zero-order valence-electron chi connectivity index (χ0n) is 12.3. The van der Waals surface area contributed by atoms with Gasteiger partial charge in [0.15, 0.2) is 5.82 Å². The summed E-state index contributed by atoms with van der Waals surface area (Å²) in [7, 11) is 2.12. The van der Waals surface area contributed by atoms with Crippen LogP contribution >= 0.6 is 11.3 Å². The Morgan fingerprint density at radius 2 is 2.29 bits per heavy atom. The fourth-order valence-electron chi connectivity index (χ4n) is 3.25. The summed E-state index contributed by atoms with van der Waals surface area (Å²) in [6.07, 6.45) is 4.93. The molecule has 1 aliphatic carbocycles. The van der Waals surface area contributed by atoms with Crippen LogP contribution < -0.4 is 5.32 Å². The van der Waals surface area contributed by atoms with E-state index in [0.29, 0.717) is 5.89 Å². The summed E-state index contributed by atoms with van der Waals surface area (Å²) in [5.41, 5.74) is 2.61. The molecule has 1 N–H and O–H groups in total. The second-order valence-corrected chi connectivity index (χ2v) is 6.88. The SMILES string of the molecule is CN1CCNCC1c1noc(-c2csc3c2CCCC3)n1. The van der Waals surface area contributed by atoms with E-state index in [2.05, 4.69) is 32.8 Å². The number of fused-ring (bicyclic) bond motifs is 1. The lowest BCUT2D eigenvalue weighted by Gasteiger charge is -2.30. The van der Waals surface area contributed by atoms with Crippen molar-refractivity contribution in [1.29, 1.82) is 0 Å². The zero-order chi connectivity index (χ0) is 14.2. The summed E-state index contributed by atoms with van der Waals surface area (Å²) < 4.78 is 5.57. The molecule has 2 aromatic heterocycles. The topological polar surface area (TPSA) is 54.2 Å². The van der Waals surface area contributed by atoms with Crippen molar-refractivity contribution in [3.63, 3.8) is 0 Å². The maximum Gasteiger partial charge on any atom is 0.259 e. The fraction of sp³-hybridized carbons (Fsp3) is 0.600. The molecule has 0 bridgehead atoms. The molecule has 0 aromatic carbocycles. The number of likely N-dealkylation sites (N-methyl/N-ethyl adjacent to an activating group) is 1. The van der Waals surface area contributed by atoms with Gasteiger partial charge in [0.05, 0.1) is 11.6 Å². The summed E-state index contributed by atoms with van der Waals surface area (Å²) in [4.78, 5) is 8.47. The molecule has 2 aliphatic rings. The molecular weight excluding hydrogens is 284 g/mol. The van der Waals surface area contributed by atoms with Crippen molar-refractivity contribution < 1.29 is 4.52 Å². The number of aryl methyl sites for hydroxylation is 1. The van der Waals surface area contributed by atoms with Crippen LogP contribution in [0.15, 0.2) is 9.90 Å². The number of hydrogen-bond donors (Lipinski definition) is 1. The average Bonchev–Trinajstić information content (AvgIpc) is 3.14. The first-order valence-electron chi connectivity index (χ1n) is 7.67. The van der Waals surface area contributed by atoms with E-state index in [0.717, 1.165) is 31.9 Å². The molecule has 0 saturated carbocycles. The second kappa shape index (κ2) is 5.51. The predicted octanol–water partition coefficient (Wildman–Crippen LogP) is 2.25. The van der Waals surface area contributed by atoms with Crippen LogP contribution in [0.3, 0.4) is 0 Å². The van der Waals surface area contributed by atoms with Crippen LogP contribution in [0, 0.1) is 0 Å². The van der Waals surface area contributed by atoms with Crippen LogP contribution in [0.1, 0.15) is 35.1 Å².